The van der Waals surface area contributed by atoms with Crippen LogP contribution in [0, 0.1) is 0 Å². The Kier molecular flexibility index (Phi) is 6.28. The SMILES string of the molecule is CN(C)C(=O)c1ccc(NC(=O)c2ccc3c(=O)n4c(nc3c2)CCCCCC4)cc1Cl. The third-order valence-electron chi connectivity index (χ3n) is 5.69. The molecule has 32 heavy (non-hydrogen) atoms. The molecule has 0 spiro atoms. The molecule has 1 aliphatic heterocycles. The molecule has 166 valence electrons. The zero-order valence-corrected chi connectivity index (χ0v) is 18.9. The van der Waals surface area contributed by atoms with Crippen molar-refractivity contribution in [3.05, 3.63) is 68.7 Å². The van der Waals surface area contributed by atoms with Crippen LogP contribution in [0.15, 0.2) is 41.2 Å². The zero-order valence-electron chi connectivity index (χ0n) is 18.2. The van der Waals surface area contributed by atoms with Gasteiger partial charge in [0.05, 0.1) is 21.5 Å². The number of hydrogen-bond acceptors (Lipinski definition) is 4. The average Bonchev–Trinajstić information content (AvgIpc) is 2.74. The van der Waals surface area contributed by atoms with Crippen molar-refractivity contribution in [3.8, 4) is 0 Å². The Morgan fingerprint density at radius 1 is 1.06 bits per heavy atom. The first-order chi connectivity index (χ1) is 15.3. The van der Waals surface area contributed by atoms with Crippen LogP contribution in [0.2, 0.25) is 5.02 Å². The highest BCUT2D eigenvalue weighted by atomic mass is 35.5. The van der Waals surface area contributed by atoms with Gasteiger partial charge in [-0.05, 0) is 49.2 Å². The van der Waals surface area contributed by atoms with Crippen molar-refractivity contribution in [1.29, 1.82) is 0 Å². The standard InChI is InChI=1S/C24H25ClN4O3/c1-28(2)23(31)17-11-9-16(14-19(17)25)26-22(30)15-8-10-18-20(13-15)27-21-7-5-3-4-6-12-29(21)24(18)32/h8-11,13-14H,3-7,12H2,1-2H3,(H,26,30). The number of amides is 2. The van der Waals surface area contributed by atoms with Crippen LogP contribution in [0.5, 0.6) is 0 Å². The maximum Gasteiger partial charge on any atom is 0.261 e. The monoisotopic (exact) mass is 452 g/mol. The molecular formula is C24H25ClN4O3. The van der Waals surface area contributed by atoms with Crippen LogP contribution in [0.4, 0.5) is 5.69 Å². The molecule has 0 radical (unpaired) electrons. The van der Waals surface area contributed by atoms with Gasteiger partial charge in [0.2, 0.25) is 0 Å². The number of anilines is 1. The second-order valence-corrected chi connectivity index (χ2v) is 8.64. The molecular weight excluding hydrogens is 428 g/mol. The van der Waals surface area contributed by atoms with E-state index in [1.807, 2.05) is 0 Å². The van der Waals surface area contributed by atoms with Crippen LogP contribution in [0.1, 0.15) is 52.2 Å². The predicted molar refractivity (Wildman–Crippen MR) is 126 cm³/mol. The highest BCUT2D eigenvalue weighted by Crippen LogP contribution is 2.23. The lowest BCUT2D eigenvalue weighted by atomic mass is 10.1. The van der Waals surface area contributed by atoms with Gasteiger partial charge < -0.3 is 10.2 Å². The Labute approximate surface area is 191 Å². The number of nitrogens with zero attached hydrogens (tertiary/aromatic N) is 3. The van der Waals surface area contributed by atoms with Crippen LogP contribution >= 0.6 is 11.6 Å². The van der Waals surface area contributed by atoms with E-state index in [-0.39, 0.29) is 22.4 Å². The molecule has 8 heteroatoms. The fourth-order valence-electron chi connectivity index (χ4n) is 3.95. The fraction of sp³-hybridized carbons (Fsp3) is 0.333. The van der Waals surface area contributed by atoms with Gasteiger partial charge in [0.25, 0.3) is 17.4 Å². The summed E-state index contributed by atoms with van der Waals surface area (Å²) in [6.45, 7) is 0.687. The summed E-state index contributed by atoms with van der Waals surface area (Å²) in [5, 5.41) is 3.57. The number of hydrogen-bond donors (Lipinski definition) is 1. The third-order valence-corrected chi connectivity index (χ3v) is 6.00. The molecule has 2 heterocycles. The van der Waals surface area contributed by atoms with E-state index in [1.165, 1.54) is 4.90 Å². The van der Waals surface area contributed by atoms with Gasteiger partial charge >= 0.3 is 0 Å². The molecule has 0 saturated carbocycles. The van der Waals surface area contributed by atoms with Crippen LogP contribution in [0.25, 0.3) is 10.9 Å². The molecule has 7 nitrogen and oxygen atoms in total. The minimum absolute atomic E-state index is 0.0493. The Bertz CT molecular complexity index is 1270. The minimum Gasteiger partial charge on any atom is -0.345 e. The molecule has 2 aromatic carbocycles. The first-order valence-electron chi connectivity index (χ1n) is 10.7. The van der Waals surface area contributed by atoms with Crippen molar-refractivity contribution in [3.63, 3.8) is 0 Å². The van der Waals surface area contributed by atoms with Crippen molar-refractivity contribution in [2.45, 2.75) is 38.6 Å². The fourth-order valence-corrected chi connectivity index (χ4v) is 4.21. The number of halogens is 1. The number of carbonyl (C=O) groups excluding carboxylic acids is 2. The van der Waals surface area contributed by atoms with Gasteiger partial charge in [-0.25, -0.2) is 4.98 Å². The second-order valence-electron chi connectivity index (χ2n) is 8.23. The molecule has 4 rings (SSSR count). The summed E-state index contributed by atoms with van der Waals surface area (Å²) < 4.78 is 1.78. The van der Waals surface area contributed by atoms with Gasteiger partial charge in [-0.3, -0.25) is 19.0 Å². The topological polar surface area (TPSA) is 84.3 Å². The molecule has 2 amide bonds. The molecule has 0 fully saturated rings. The van der Waals surface area contributed by atoms with Gasteiger partial charge in [0.1, 0.15) is 5.82 Å². The molecule has 1 aromatic heterocycles. The maximum atomic E-state index is 13.0. The molecule has 0 aliphatic carbocycles. The van der Waals surface area contributed by atoms with Gasteiger partial charge in [-0.15, -0.1) is 0 Å². The van der Waals surface area contributed by atoms with Gasteiger partial charge in [-0.1, -0.05) is 24.4 Å². The van der Waals surface area contributed by atoms with Crippen molar-refractivity contribution in [2.24, 2.45) is 0 Å². The Hall–Kier alpha value is -3.19. The first-order valence-corrected chi connectivity index (χ1v) is 11.1. The van der Waals surface area contributed by atoms with Gasteiger partial charge in [0, 0.05) is 38.3 Å². The average molecular weight is 453 g/mol. The first kappa shape index (κ1) is 22.0. The minimum atomic E-state index is -0.344. The highest BCUT2D eigenvalue weighted by Gasteiger charge is 2.16. The molecule has 1 N–H and O–H groups in total. The van der Waals surface area contributed by atoms with E-state index in [4.69, 9.17) is 16.6 Å². The van der Waals surface area contributed by atoms with Crippen molar-refractivity contribution in [1.82, 2.24) is 14.5 Å². The van der Waals surface area contributed by atoms with Crippen LogP contribution in [-0.2, 0) is 13.0 Å². The third kappa shape index (κ3) is 4.39. The summed E-state index contributed by atoms with van der Waals surface area (Å²) in [6.07, 6.45) is 5.00. The summed E-state index contributed by atoms with van der Waals surface area (Å²) in [5.41, 5.74) is 1.71. The number of nitrogens with one attached hydrogen (secondary N) is 1. The van der Waals surface area contributed by atoms with E-state index in [1.54, 1.807) is 55.1 Å². The Morgan fingerprint density at radius 2 is 1.84 bits per heavy atom. The van der Waals surface area contributed by atoms with Crippen LogP contribution < -0.4 is 10.9 Å². The molecule has 0 saturated heterocycles. The number of benzene rings is 2. The quantitative estimate of drug-likeness (QED) is 0.647. The molecule has 3 aromatic rings. The van der Waals surface area contributed by atoms with Crippen molar-refractivity contribution in [2.75, 3.05) is 19.4 Å². The summed E-state index contributed by atoms with van der Waals surface area (Å²) >= 11 is 6.24. The maximum absolute atomic E-state index is 13.0. The number of aromatic nitrogens is 2. The van der Waals surface area contributed by atoms with E-state index in [0.717, 1.165) is 37.9 Å². The molecule has 0 unspecified atom stereocenters. The Balaban J connectivity index is 1.61. The number of aryl methyl sites for hydroxylation is 1. The summed E-state index contributed by atoms with van der Waals surface area (Å²) in [4.78, 5) is 44.1. The van der Waals surface area contributed by atoms with Gasteiger partial charge in [-0.2, -0.15) is 0 Å². The molecule has 0 atom stereocenters. The van der Waals surface area contributed by atoms with Crippen molar-refractivity contribution >= 4 is 40.0 Å². The zero-order chi connectivity index (χ0) is 22.8. The van der Waals surface area contributed by atoms with E-state index in [9.17, 15) is 14.4 Å². The summed E-state index contributed by atoms with van der Waals surface area (Å²) in [5.74, 6) is 0.227. The van der Waals surface area contributed by atoms with Crippen molar-refractivity contribution < 1.29 is 9.59 Å². The molecule has 1 aliphatic rings. The van der Waals surface area contributed by atoms with E-state index >= 15 is 0 Å². The lowest BCUT2D eigenvalue weighted by Gasteiger charge is -2.16. The van der Waals surface area contributed by atoms with E-state index in [2.05, 4.69) is 5.32 Å². The lowest BCUT2D eigenvalue weighted by Crippen LogP contribution is -2.26. The number of carbonyl (C=O) groups is 2. The van der Waals surface area contributed by atoms with Crippen LogP contribution in [0.3, 0.4) is 0 Å². The van der Waals surface area contributed by atoms with Gasteiger partial charge in [0.15, 0.2) is 0 Å². The largest absolute Gasteiger partial charge is 0.345 e. The molecule has 0 bridgehead atoms. The highest BCUT2D eigenvalue weighted by molar-refractivity contribution is 6.34. The van der Waals surface area contributed by atoms with E-state index in [0.29, 0.717) is 34.3 Å². The van der Waals surface area contributed by atoms with E-state index < -0.39 is 0 Å². The Morgan fingerprint density at radius 3 is 2.59 bits per heavy atom. The predicted octanol–water partition coefficient (Wildman–Crippen LogP) is 4.12. The summed E-state index contributed by atoms with van der Waals surface area (Å²) in [7, 11) is 3.29. The summed E-state index contributed by atoms with van der Waals surface area (Å²) in [6, 6.07) is 9.71. The smallest absolute Gasteiger partial charge is 0.261 e. The second kappa shape index (κ2) is 9.12. The number of fused-ring (bicyclic) bond motifs is 2. The normalized spacial score (nSPS) is 13.7. The number of rotatable bonds is 3. The lowest BCUT2D eigenvalue weighted by molar-refractivity contribution is 0.0827. The van der Waals surface area contributed by atoms with Crippen LogP contribution in [-0.4, -0.2) is 40.4 Å².